The lowest BCUT2D eigenvalue weighted by Gasteiger charge is -2.24. The van der Waals surface area contributed by atoms with Crippen LogP contribution >= 0.6 is 0 Å². The maximum absolute atomic E-state index is 13.4. The number of carbonyl (C=O) groups is 1. The van der Waals surface area contributed by atoms with Crippen molar-refractivity contribution in [3.8, 4) is 5.75 Å². The van der Waals surface area contributed by atoms with Gasteiger partial charge in [-0.15, -0.1) is 0 Å². The van der Waals surface area contributed by atoms with Gasteiger partial charge in [0.25, 0.3) is 5.91 Å². The summed E-state index contributed by atoms with van der Waals surface area (Å²) in [4.78, 5) is 15.2. The molecule has 1 aromatic heterocycles. The first kappa shape index (κ1) is 21.7. The van der Waals surface area contributed by atoms with Crippen LogP contribution in [0, 0.1) is 6.92 Å². The van der Waals surface area contributed by atoms with E-state index in [9.17, 15) is 4.79 Å². The lowest BCUT2D eigenvalue weighted by Crippen LogP contribution is -2.33. The van der Waals surface area contributed by atoms with Crippen molar-refractivity contribution in [3.63, 3.8) is 0 Å². The highest BCUT2D eigenvalue weighted by Crippen LogP contribution is 2.21. The number of ether oxygens (including phenoxy) is 2. The summed E-state index contributed by atoms with van der Waals surface area (Å²) in [7, 11) is 3.27. The third-order valence-electron chi connectivity index (χ3n) is 5.28. The first-order valence-electron chi connectivity index (χ1n) is 10.2. The topological polar surface area (TPSA) is 43.7 Å². The molecule has 1 heterocycles. The Labute approximate surface area is 178 Å². The van der Waals surface area contributed by atoms with E-state index in [4.69, 9.17) is 9.47 Å². The number of nitrogens with zero attached hydrogens (tertiary/aromatic N) is 2. The van der Waals surface area contributed by atoms with Crippen molar-refractivity contribution in [2.75, 3.05) is 27.4 Å². The third kappa shape index (κ3) is 5.30. The standard InChI is InChI=1S/C25H30N2O3/c1-20-10-4-5-11-21(20)18-26-15-8-12-22(26)19-27(16-9-17-29-2)25(28)23-13-6-7-14-24(23)30-3/h4-8,10-15H,9,16-19H2,1-3H3. The lowest BCUT2D eigenvalue weighted by atomic mass is 10.1. The Morgan fingerprint density at radius 1 is 1.00 bits per heavy atom. The van der Waals surface area contributed by atoms with Crippen LogP contribution in [0.4, 0.5) is 0 Å². The third-order valence-corrected chi connectivity index (χ3v) is 5.28. The minimum atomic E-state index is -0.0350. The van der Waals surface area contributed by atoms with Crippen molar-refractivity contribution in [1.82, 2.24) is 9.47 Å². The van der Waals surface area contributed by atoms with Gasteiger partial charge in [-0.05, 0) is 48.7 Å². The van der Waals surface area contributed by atoms with E-state index in [0.717, 1.165) is 18.7 Å². The summed E-state index contributed by atoms with van der Waals surface area (Å²) < 4.78 is 12.8. The van der Waals surface area contributed by atoms with E-state index in [0.29, 0.717) is 31.0 Å². The van der Waals surface area contributed by atoms with Crippen LogP contribution < -0.4 is 4.74 Å². The Balaban J connectivity index is 1.83. The smallest absolute Gasteiger partial charge is 0.257 e. The average molecular weight is 407 g/mol. The molecular weight excluding hydrogens is 376 g/mol. The second-order valence-corrected chi connectivity index (χ2v) is 7.33. The Bertz CT molecular complexity index is 964. The molecule has 0 atom stereocenters. The highest BCUT2D eigenvalue weighted by Gasteiger charge is 2.20. The van der Waals surface area contributed by atoms with Crippen molar-refractivity contribution in [2.45, 2.75) is 26.4 Å². The van der Waals surface area contributed by atoms with Crippen molar-refractivity contribution < 1.29 is 14.3 Å². The molecule has 0 saturated heterocycles. The Hall–Kier alpha value is -3.05. The molecular formula is C25H30N2O3. The number of aryl methyl sites for hydroxylation is 1. The SMILES string of the molecule is COCCCN(Cc1cccn1Cc1ccccc1C)C(=O)c1ccccc1OC. The molecule has 0 aliphatic rings. The van der Waals surface area contributed by atoms with Crippen molar-refractivity contribution in [1.29, 1.82) is 0 Å². The van der Waals surface area contributed by atoms with E-state index in [-0.39, 0.29) is 5.91 Å². The van der Waals surface area contributed by atoms with E-state index < -0.39 is 0 Å². The monoisotopic (exact) mass is 406 g/mol. The fourth-order valence-electron chi connectivity index (χ4n) is 3.56. The second kappa shape index (κ2) is 10.6. The van der Waals surface area contributed by atoms with E-state index in [1.807, 2.05) is 35.2 Å². The fraction of sp³-hybridized carbons (Fsp3) is 0.320. The molecule has 0 aliphatic heterocycles. The number of rotatable bonds is 10. The highest BCUT2D eigenvalue weighted by molar-refractivity contribution is 5.96. The van der Waals surface area contributed by atoms with Crippen LogP contribution in [0.25, 0.3) is 0 Å². The van der Waals surface area contributed by atoms with Crippen molar-refractivity contribution in [2.24, 2.45) is 0 Å². The number of carbonyl (C=O) groups excluding carboxylic acids is 1. The zero-order chi connectivity index (χ0) is 21.3. The van der Waals surface area contributed by atoms with Crippen molar-refractivity contribution >= 4 is 5.91 Å². The average Bonchev–Trinajstić information content (AvgIpc) is 3.20. The molecule has 30 heavy (non-hydrogen) atoms. The molecule has 1 amide bonds. The molecule has 0 bridgehead atoms. The van der Waals surface area contributed by atoms with Gasteiger partial charge in [0, 0.05) is 38.7 Å². The van der Waals surface area contributed by atoms with Gasteiger partial charge in [0.2, 0.25) is 0 Å². The highest BCUT2D eigenvalue weighted by atomic mass is 16.5. The summed E-state index contributed by atoms with van der Waals surface area (Å²) in [6, 6.07) is 19.9. The molecule has 158 valence electrons. The first-order valence-corrected chi connectivity index (χ1v) is 10.2. The van der Waals surface area contributed by atoms with Crippen molar-refractivity contribution in [3.05, 3.63) is 89.2 Å². The van der Waals surface area contributed by atoms with Crippen LogP contribution in [0.1, 0.15) is 33.6 Å². The Morgan fingerprint density at radius 2 is 1.77 bits per heavy atom. The summed E-state index contributed by atoms with van der Waals surface area (Å²) in [6.07, 6.45) is 2.85. The largest absolute Gasteiger partial charge is 0.496 e. The molecule has 5 heteroatoms. The van der Waals surface area contributed by atoms with E-state index in [2.05, 4.69) is 48.0 Å². The molecule has 0 N–H and O–H groups in total. The molecule has 0 saturated carbocycles. The van der Waals surface area contributed by atoms with Crippen LogP contribution in [-0.4, -0.2) is 42.7 Å². The van der Waals surface area contributed by atoms with Crippen LogP contribution in [0.3, 0.4) is 0 Å². The number of amides is 1. The predicted octanol–water partition coefficient (Wildman–Crippen LogP) is 4.53. The zero-order valence-corrected chi connectivity index (χ0v) is 18.0. The summed E-state index contributed by atoms with van der Waals surface area (Å²) in [5, 5.41) is 0. The predicted molar refractivity (Wildman–Crippen MR) is 119 cm³/mol. The number of methoxy groups -OCH3 is 2. The lowest BCUT2D eigenvalue weighted by molar-refractivity contribution is 0.0716. The minimum absolute atomic E-state index is 0.0350. The van der Waals surface area contributed by atoms with Crippen LogP contribution in [0.5, 0.6) is 5.75 Å². The number of para-hydroxylation sites is 1. The Morgan fingerprint density at radius 3 is 2.53 bits per heavy atom. The maximum atomic E-state index is 13.4. The summed E-state index contributed by atoms with van der Waals surface area (Å²) in [5.74, 6) is 0.557. The molecule has 0 fully saturated rings. The van der Waals surface area contributed by atoms with Crippen LogP contribution in [0.15, 0.2) is 66.9 Å². The molecule has 0 spiro atoms. The number of hydrogen-bond donors (Lipinski definition) is 0. The Kier molecular flexibility index (Phi) is 7.69. The van der Waals surface area contributed by atoms with Gasteiger partial charge in [0.1, 0.15) is 5.75 Å². The first-order chi connectivity index (χ1) is 14.6. The normalized spacial score (nSPS) is 10.8. The maximum Gasteiger partial charge on any atom is 0.257 e. The molecule has 5 nitrogen and oxygen atoms in total. The van der Waals surface area contributed by atoms with E-state index in [1.165, 1.54) is 11.1 Å². The molecule has 0 unspecified atom stereocenters. The molecule has 0 radical (unpaired) electrons. The summed E-state index contributed by atoms with van der Waals surface area (Å²) in [6.45, 7) is 4.66. The minimum Gasteiger partial charge on any atom is -0.496 e. The van der Waals surface area contributed by atoms with Crippen LogP contribution in [0.2, 0.25) is 0 Å². The number of aromatic nitrogens is 1. The van der Waals surface area contributed by atoms with Gasteiger partial charge in [-0.1, -0.05) is 36.4 Å². The fourth-order valence-corrected chi connectivity index (χ4v) is 3.56. The van der Waals surface area contributed by atoms with Crippen LogP contribution in [-0.2, 0) is 17.8 Å². The summed E-state index contributed by atoms with van der Waals surface area (Å²) in [5.41, 5.74) is 4.21. The summed E-state index contributed by atoms with van der Waals surface area (Å²) >= 11 is 0. The van der Waals surface area contributed by atoms with Gasteiger partial charge < -0.3 is 18.9 Å². The quantitative estimate of drug-likeness (QED) is 0.465. The second-order valence-electron chi connectivity index (χ2n) is 7.33. The molecule has 3 rings (SSSR count). The zero-order valence-electron chi connectivity index (χ0n) is 18.0. The van der Waals surface area contributed by atoms with Gasteiger partial charge in [0.15, 0.2) is 0 Å². The number of benzene rings is 2. The van der Waals surface area contributed by atoms with E-state index >= 15 is 0 Å². The molecule has 2 aromatic carbocycles. The van der Waals surface area contributed by atoms with Gasteiger partial charge in [-0.2, -0.15) is 0 Å². The van der Waals surface area contributed by atoms with Gasteiger partial charge in [-0.25, -0.2) is 0 Å². The van der Waals surface area contributed by atoms with E-state index in [1.54, 1.807) is 14.2 Å². The number of hydrogen-bond acceptors (Lipinski definition) is 3. The molecule has 3 aromatic rings. The van der Waals surface area contributed by atoms with Gasteiger partial charge in [0.05, 0.1) is 19.2 Å². The molecule has 0 aliphatic carbocycles. The van der Waals surface area contributed by atoms with Gasteiger partial charge in [-0.3, -0.25) is 4.79 Å². The van der Waals surface area contributed by atoms with Gasteiger partial charge >= 0.3 is 0 Å².